The quantitative estimate of drug-likeness (QED) is 0.693. The Balaban J connectivity index is 1.58. The summed E-state index contributed by atoms with van der Waals surface area (Å²) in [7, 11) is 3.07. The largest absolute Gasteiger partial charge is 0.493 e. The van der Waals surface area contributed by atoms with Gasteiger partial charge in [0.05, 0.1) is 32.0 Å². The van der Waals surface area contributed by atoms with Crippen molar-refractivity contribution in [2.75, 3.05) is 27.3 Å². The summed E-state index contributed by atoms with van der Waals surface area (Å²) in [6.07, 6.45) is 5.08. The smallest absolute Gasteiger partial charge is 0.276 e. The molecule has 0 atom stereocenters. The fourth-order valence-electron chi connectivity index (χ4n) is 4.04. The fraction of sp³-hybridized carbons (Fsp3) is 0.545. The van der Waals surface area contributed by atoms with Gasteiger partial charge in [0, 0.05) is 19.1 Å². The second kappa shape index (κ2) is 10.3. The van der Waals surface area contributed by atoms with Crippen LogP contribution in [0.1, 0.15) is 66.4 Å². The van der Waals surface area contributed by atoms with Crippen LogP contribution in [0.15, 0.2) is 24.4 Å². The molecule has 31 heavy (non-hydrogen) atoms. The fourth-order valence-corrected chi connectivity index (χ4v) is 4.04. The molecule has 1 N–H and O–H groups in total. The van der Waals surface area contributed by atoms with E-state index in [2.05, 4.69) is 15.6 Å². The van der Waals surface area contributed by atoms with E-state index in [0.717, 1.165) is 25.7 Å². The molecule has 0 aliphatic heterocycles. The summed E-state index contributed by atoms with van der Waals surface area (Å²) in [5, 5.41) is 11.4. The first-order valence-corrected chi connectivity index (χ1v) is 10.7. The van der Waals surface area contributed by atoms with Gasteiger partial charge in [-0.1, -0.05) is 11.3 Å². The highest BCUT2D eigenvalue weighted by atomic mass is 16.5. The van der Waals surface area contributed by atoms with Crippen LogP contribution >= 0.6 is 0 Å². The average molecular weight is 430 g/mol. The van der Waals surface area contributed by atoms with E-state index >= 15 is 0 Å². The molecule has 1 fully saturated rings. The van der Waals surface area contributed by atoms with Crippen molar-refractivity contribution in [1.29, 1.82) is 0 Å². The molecule has 1 aliphatic rings. The minimum absolute atomic E-state index is 0.0694. The van der Waals surface area contributed by atoms with Gasteiger partial charge in [-0.25, -0.2) is 4.68 Å². The second-order valence-electron chi connectivity index (χ2n) is 7.58. The van der Waals surface area contributed by atoms with Crippen LogP contribution in [0.5, 0.6) is 11.5 Å². The monoisotopic (exact) mass is 429 g/mol. The highest BCUT2D eigenvalue weighted by Crippen LogP contribution is 2.32. The lowest BCUT2D eigenvalue weighted by Crippen LogP contribution is -2.38. The lowest BCUT2D eigenvalue weighted by molar-refractivity contribution is 0.0766. The molecule has 3 rings (SSSR count). The maximum absolute atomic E-state index is 12.8. The molecule has 1 saturated carbocycles. The Bertz CT molecular complexity index is 901. The number of rotatable bonds is 8. The van der Waals surface area contributed by atoms with Gasteiger partial charge >= 0.3 is 0 Å². The van der Waals surface area contributed by atoms with E-state index in [-0.39, 0.29) is 23.9 Å². The number of para-hydroxylation sites is 1. The van der Waals surface area contributed by atoms with E-state index < -0.39 is 0 Å². The number of amides is 2. The van der Waals surface area contributed by atoms with E-state index in [9.17, 15) is 9.59 Å². The van der Waals surface area contributed by atoms with Gasteiger partial charge < -0.3 is 19.7 Å². The van der Waals surface area contributed by atoms with Gasteiger partial charge in [-0.05, 0) is 51.7 Å². The summed E-state index contributed by atoms with van der Waals surface area (Å²) in [6, 6.07) is 5.50. The van der Waals surface area contributed by atoms with Gasteiger partial charge in [0.2, 0.25) is 0 Å². The van der Waals surface area contributed by atoms with Crippen LogP contribution in [0, 0.1) is 0 Å². The molecule has 9 heteroatoms. The third-order valence-electron chi connectivity index (χ3n) is 5.83. The number of methoxy groups -OCH3 is 2. The van der Waals surface area contributed by atoms with Crippen LogP contribution in [0.3, 0.4) is 0 Å². The summed E-state index contributed by atoms with van der Waals surface area (Å²) >= 11 is 0. The zero-order chi connectivity index (χ0) is 22.4. The molecule has 1 aromatic carbocycles. The molecule has 2 aromatic rings. The Morgan fingerprint density at radius 2 is 1.84 bits per heavy atom. The van der Waals surface area contributed by atoms with Crippen molar-refractivity contribution >= 4 is 11.8 Å². The summed E-state index contributed by atoms with van der Waals surface area (Å²) in [4.78, 5) is 27.0. The third-order valence-corrected chi connectivity index (χ3v) is 5.83. The molecule has 0 unspecified atom stereocenters. The Kier molecular flexibility index (Phi) is 7.49. The molecule has 1 heterocycles. The van der Waals surface area contributed by atoms with Crippen molar-refractivity contribution in [2.24, 2.45) is 0 Å². The number of carbonyl (C=O) groups is 2. The van der Waals surface area contributed by atoms with Crippen LogP contribution in [0.2, 0.25) is 0 Å². The van der Waals surface area contributed by atoms with Crippen LogP contribution in [0.4, 0.5) is 0 Å². The zero-order valence-corrected chi connectivity index (χ0v) is 18.6. The number of carbonyl (C=O) groups excluding carboxylic acids is 2. The summed E-state index contributed by atoms with van der Waals surface area (Å²) in [5.41, 5.74) is 0.837. The molecule has 0 spiro atoms. The molecule has 1 aliphatic carbocycles. The van der Waals surface area contributed by atoms with Gasteiger partial charge in [-0.3, -0.25) is 9.59 Å². The molecule has 168 valence electrons. The normalized spacial score (nSPS) is 18.3. The van der Waals surface area contributed by atoms with Gasteiger partial charge in [0.25, 0.3) is 11.8 Å². The van der Waals surface area contributed by atoms with Gasteiger partial charge in [-0.15, -0.1) is 5.10 Å². The van der Waals surface area contributed by atoms with Crippen molar-refractivity contribution in [3.63, 3.8) is 0 Å². The molecule has 2 amide bonds. The Hall–Kier alpha value is -3.10. The molecule has 1 aromatic heterocycles. The van der Waals surface area contributed by atoms with E-state index in [0.29, 0.717) is 35.8 Å². The number of nitrogens with zero attached hydrogens (tertiary/aromatic N) is 4. The lowest BCUT2D eigenvalue weighted by atomic mass is 9.91. The first-order valence-electron chi connectivity index (χ1n) is 10.7. The van der Waals surface area contributed by atoms with Crippen molar-refractivity contribution in [2.45, 2.75) is 51.6 Å². The second-order valence-corrected chi connectivity index (χ2v) is 7.58. The van der Waals surface area contributed by atoms with Crippen LogP contribution in [0.25, 0.3) is 0 Å². The van der Waals surface area contributed by atoms with Gasteiger partial charge in [0.15, 0.2) is 17.2 Å². The molecule has 0 saturated heterocycles. The Morgan fingerprint density at radius 3 is 2.45 bits per heavy atom. The number of hydrogen-bond acceptors (Lipinski definition) is 6. The van der Waals surface area contributed by atoms with E-state index in [4.69, 9.17) is 9.47 Å². The van der Waals surface area contributed by atoms with E-state index in [1.54, 1.807) is 41.1 Å². The predicted molar refractivity (Wildman–Crippen MR) is 116 cm³/mol. The molecular formula is C22H31N5O4. The molecule has 0 bridgehead atoms. The SMILES string of the molecule is CCN(CC)C(=O)c1cn(C2CCC(NC(=O)c3cccc(OC)c3OC)CC2)nn1. The number of ether oxygens (including phenoxy) is 2. The van der Waals surface area contributed by atoms with Crippen LogP contribution in [-0.4, -0.2) is 65.1 Å². The highest BCUT2D eigenvalue weighted by molar-refractivity contribution is 5.98. The summed E-state index contributed by atoms with van der Waals surface area (Å²) in [6.45, 7) is 5.18. The number of aromatic nitrogens is 3. The first kappa shape index (κ1) is 22.6. The highest BCUT2D eigenvalue weighted by Gasteiger charge is 2.27. The minimum atomic E-state index is -0.174. The maximum Gasteiger partial charge on any atom is 0.276 e. The molecular weight excluding hydrogens is 398 g/mol. The van der Waals surface area contributed by atoms with Gasteiger partial charge in [0.1, 0.15) is 0 Å². The lowest BCUT2D eigenvalue weighted by Gasteiger charge is -2.29. The topological polar surface area (TPSA) is 98.6 Å². The van der Waals surface area contributed by atoms with Crippen LogP contribution < -0.4 is 14.8 Å². The third kappa shape index (κ3) is 4.98. The summed E-state index contributed by atoms with van der Waals surface area (Å²) in [5.74, 6) is 0.695. The van der Waals surface area contributed by atoms with E-state index in [1.165, 1.54) is 7.11 Å². The summed E-state index contributed by atoms with van der Waals surface area (Å²) < 4.78 is 12.4. The van der Waals surface area contributed by atoms with Gasteiger partial charge in [-0.2, -0.15) is 0 Å². The number of hydrogen-bond donors (Lipinski definition) is 1. The molecule has 0 radical (unpaired) electrons. The standard InChI is InChI=1S/C22H31N5O4/c1-5-26(6-2)22(29)18-14-27(25-24-18)16-12-10-15(11-13-16)23-21(28)17-8-7-9-19(30-3)20(17)31-4/h7-9,14-16H,5-6,10-13H2,1-4H3,(H,23,28). The minimum Gasteiger partial charge on any atom is -0.493 e. The zero-order valence-electron chi connectivity index (χ0n) is 18.6. The Labute approximate surface area is 182 Å². The first-order chi connectivity index (χ1) is 15.0. The van der Waals surface area contributed by atoms with Crippen molar-refractivity contribution in [3.05, 3.63) is 35.7 Å². The van der Waals surface area contributed by atoms with Crippen molar-refractivity contribution in [3.8, 4) is 11.5 Å². The maximum atomic E-state index is 12.8. The predicted octanol–water partition coefficient (Wildman–Crippen LogP) is 2.69. The Morgan fingerprint density at radius 1 is 1.13 bits per heavy atom. The average Bonchev–Trinajstić information content (AvgIpc) is 3.30. The van der Waals surface area contributed by atoms with Crippen molar-refractivity contribution < 1.29 is 19.1 Å². The van der Waals surface area contributed by atoms with E-state index in [1.807, 2.05) is 13.8 Å². The number of nitrogens with one attached hydrogen (secondary N) is 1. The molecule has 9 nitrogen and oxygen atoms in total. The number of benzene rings is 1. The van der Waals surface area contributed by atoms with Crippen molar-refractivity contribution in [1.82, 2.24) is 25.2 Å². The van der Waals surface area contributed by atoms with Crippen LogP contribution in [-0.2, 0) is 0 Å².